The van der Waals surface area contributed by atoms with Crippen LogP contribution in [0.4, 0.5) is 0 Å². The van der Waals surface area contributed by atoms with E-state index in [-0.39, 0.29) is 0 Å². The van der Waals surface area contributed by atoms with E-state index in [0.29, 0.717) is 18.2 Å². The van der Waals surface area contributed by atoms with Crippen molar-refractivity contribution >= 4 is 0 Å². The minimum absolute atomic E-state index is 0.380. The zero-order valence-corrected chi connectivity index (χ0v) is 7.76. The Morgan fingerprint density at radius 2 is 2.18 bits per heavy atom. The molecule has 1 N–H and O–H groups in total. The fourth-order valence-electron chi connectivity index (χ4n) is 1.59. The molecule has 2 nitrogen and oxygen atoms in total. The van der Waals surface area contributed by atoms with Gasteiger partial charge in [-0.3, -0.25) is 0 Å². The lowest BCUT2D eigenvalue weighted by Crippen LogP contribution is -2.40. The summed E-state index contributed by atoms with van der Waals surface area (Å²) < 4.78 is 5.72. The van der Waals surface area contributed by atoms with E-state index in [1.54, 1.807) is 0 Å². The van der Waals surface area contributed by atoms with Crippen LogP contribution in [-0.4, -0.2) is 24.8 Å². The Hall–Kier alpha value is -0.0800. The molecule has 2 atom stereocenters. The van der Waals surface area contributed by atoms with E-state index >= 15 is 0 Å². The SMILES string of the molecule is CC1CC(OC(C)C)CCN1. The van der Waals surface area contributed by atoms with Gasteiger partial charge < -0.3 is 10.1 Å². The van der Waals surface area contributed by atoms with Crippen molar-refractivity contribution in [2.45, 2.75) is 51.9 Å². The fraction of sp³-hybridized carbons (Fsp3) is 1.00. The van der Waals surface area contributed by atoms with Crippen LogP contribution in [0.1, 0.15) is 33.6 Å². The van der Waals surface area contributed by atoms with Crippen LogP contribution < -0.4 is 5.32 Å². The molecule has 2 heteroatoms. The summed E-state index contributed by atoms with van der Waals surface area (Å²) >= 11 is 0. The van der Waals surface area contributed by atoms with Gasteiger partial charge in [-0.2, -0.15) is 0 Å². The maximum atomic E-state index is 5.72. The molecule has 1 heterocycles. The van der Waals surface area contributed by atoms with Gasteiger partial charge in [-0.05, 0) is 40.2 Å². The molecule has 0 aromatic rings. The molecule has 0 radical (unpaired) electrons. The van der Waals surface area contributed by atoms with E-state index in [4.69, 9.17) is 4.74 Å². The largest absolute Gasteiger partial charge is 0.375 e. The summed E-state index contributed by atoms with van der Waals surface area (Å²) in [6.45, 7) is 7.54. The van der Waals surface area contributed by atoms with Crippen LogP contribution >= 0.6 is 0 Å². The molecule has 66 valence electrons. The Labute approximate surface area is 69.3 Å². The van der Waals surface area contributed by atoms with Crippen molar-refractivity contribution in [2.75, 3.05) is 6.54 Å². The molecule has 1 rings (SSSR count). The first kappa shape index (κ1) is 9.01. The van der Waals surface area contributed by atoms with Gasteiger partial charge in [-0.1, -0.05) is 0 Å². The van der Waals surface area contributed by atoms with Crippen LogP contribution in [0.2, 0.25) is 0 Å². The van der Waals surface area contributed by atoms with Gasteiger partial charge in [-0.25, -0.2) is 0 Å². The predicted molar refractivity (Wildman–Crippen MR) is 46.7 cm³/mol. The third kappa shape index (κ3) is 3.21. The van der Waals surface area contributed by atoms with Crippen LogP contribution in [-0.2, 0) is 4.74 Å². The molecule has 1 aliphatic rings. The average Bonchev–Trinajstić information content (AvgIpc) is 1.85. The highest BCUT2D eigenvalue weighted by atomic mass is 16.5. The normalized spacial score (nSPS) is 32.7. The first-order valence-electron chi connectivity index (χ1n) is 4.57. The molecule has 0 aromatic carbocycles. The molecule has 0 aromatic heterocycles. The lowest BCUT2D eigenvalue weighted by molar-refractivity contribution is -0.0150. The summed E-state index contributed by atoms with van der Waals surface area (Å²) in [4.78, 5) is 0. The predicted octanol–water partition coefficient (Wildman–Crippen LogP) is 1.55. The first-order valence-corrected chi connectivity index (χ1v) is 4.57. The lowest BCUT2D eigenvalue weighted by atomic mass is 10.0. The highest BCUT2D eigenvalue weighted by Crippen LogP contribution is 2.13. The Morgan fingerprint density at radius 1 is 1.45 bits per heavy atom. The van der Waals surface area contributed by atoms with Gasteiger partial charge in [0.1, 0.15) is 0 Å². The number of hydrogen-bond acceptors (Lipinski definition) is 2. The summed E-state index contributed by atoms with van der Waals surface area (Å²) in [5.74, 6) is 0. The number of hydrogen-bond donors (Lipinski definition) is 1. The first-order chi connectivity index (χ1) is 5.18. The summed E-state index contributed by atoms with van der Waals surface area (Å²) in [6.07, 6.45) is 3.21. The summed E-state index contributed by atoms with van der Waals surface area (Å²) in [6, 6.07) is 0.632. The van der Waals surface area contributed by atoms with Gasteiger partial charge in [0.05, 0.1) is 12.2 Å². The highest BCUT2D eigenvalue weighted by Gasteiger charge is 2.19. The van der Waals surface area contributed by atoms with Gasteiger partial charge in [0.25, 0.3) is 0 Å². The third-order valence-electron chi connectivity index (χ3n) is 2.04. The van der Waals surface area contributed by atoms with Crippen molar-refractivity contribution in [3.05, 3.63) is 0 Å². The second-order valence-electron chi connectivity index (χ2n) is 3.69. The third-order valence-corrected chi connectivity index (χ3v) is 2.04. The molecular weight excluding hydrogens is 138 g/mol. The van der Waals surface area contributed by atoms with Crippen molar-refractivity contribution in [1.29, 1.82) is 0 Å². The standard InChI is InChI=1S/C9H19NO/c1-7(2)11-9-4-5-10-8(3)6-9/h7-10H,4-6H2,1-3H3. The minimum Gasteiger partial charge on any atom is -0.375 e. The number of piperidine rings is 1. The summed E-state index contributed by atoms with van der Waals surface area (Å²) in [7, 11) is 0. The van der Waals surface area contributed by atoms with Crippen LogP contribution in [0.25, 0.3) is 0 Å². The molecule has 0 saturated carbocycles. The number of ether oxygens (including phenoxy) is 1. The Morgan fingerprint density at radius 3 is 2.73 bits per heavy atom. The zero-order valence-electron chi connectivity index (χ0n) is 7.76. The van der Waals surface area contributed by atoms with Crippen LogP contribution in [0.5, 0.6) is 0 Å². The molecule has 1 fully saturated rings. The zero-order chi connectivity index (χ0) is 8.27. The van der Waals surface area contributed by atoms with E-state index in [2.05, 4.69) is 26.1 Å². The van der Waals surface area contributed by atoms with Gasteiger partial charge in [0.15, 0.2) is 0 Å². The van der Waals surface area contributed by atoms with Crippen molar-refractivity contribution in [3.63, 3.8) is 0 Å². The minimum atomic E-state index is 0.380. The van der Waals surface area contributed by atoms with E-state index in [0.717, 1.165) is 13.0 Å². The monoisotopic (exact) mass is 157 g/mol. The second kappa shape index (κ2) is 4.07. The van der Waals surface area contributed by atoms with E-state index in [9.17, 15) is 0 Å². The molecule has 1 aliphatic heterocycles. The van der Waals surface area contributed by atoms with Gasteiger partial charge in [0, 0.05) is 6.04 Å². The molecule has 0 aliphatic carbocycles. The van der Waals surface area contributed by atoms with Crippen LogP contribution in [0, 0.1) is 0 Å². The highest BCUT2D eigenvalue weighted by molar-refractivity contribution is 4.75. The smallest absolute Gasteiger partial charge is 0.0605 e. The quantitative estimate of drug-likeness (QED) is 0.656. The van der Waals surface area contributed by atoms with Gasteiger partial charge in [0.2, 0.25) is 0 Å². The Kier molecular flexibility index (Phi) is 3.34. The van der Waals surface area contributed by atoms with Crippen molar-refractivity contribution in [1.82, 2.24) is 5.32 Å². The second-order valence-corrected chi connectivity index (χ2v) is 3.69. The molecule has 0 spiro atoms. The fourth-order valence-corrected chi connectivity index (χ4v) is 1.59. The molecule has 0 bridgehead atoms. The lowest BCUT2D eigenvalue weighted by Gasteiger charge is -2.29. The molecule has 11 heavy (non-hydrogen) atoms. The number of rotatable bonds is 2. The van der Waals surface area contributed by atoms with E-state index in [1.807, 2.05) is 0 Å². The maximum absolute atomic E-state index is 5.72. The van der Waals surface area contributed by atoms with E-state index < -0.39 is 0 Å². The Bertz CT molecular complexity index is 112. The summed E-state index contributed by atoms with van der Waals surface area (Å²) in [5, 5.41) is 3.41. The van der Waals surface area contributed by atoms with Crippen molar-refractivity contribution < 1.29 is 4.74 Å². The van der Waals surface area contributed by atoms with E-state index in [1.165, 1.54) is 6.42 Å². The van der Waals surface area contributed by atoms with Gasteiger partial charge in [-0.15, -0.1) is 0 Å². The molecular formula is C9H19NO. The van der Waals surface area contributed by atoms with Crippen LogP contribution in [0.15, 0.2) is 0 Å². The summed E-state index contributed by atoms with van der Waals surface area (Å²) in [5.41, 5.74) is 0. The average molecular weight is 157 g/mol. The molecule has 1 saturated heterocycles. The Balaban J connectivity index is 2.23. The topological polar surface area (TPSA) is 21.3 Å². The molecule has 2 unspecified atom stereocenters. The van der Waals surface area contributed by atoms with Gasteiger partial charge >= 0.3 is 0 Å². The maximum Gasteiger partial charge on any atom is 0.0605 e. The van der Waals surface area contributed by atoms with Crippen molar-refractivity contribution in [3.8, 4) is 0 Å². The van der Waals surface area contributed by atoms with Crippen molar-refractivity contribution in [2.24, 2.45) is 0 Å². The van der Waals surface area contributed by atoms with Crippen LogP contribution in [0.3, 0.4) is 0 Å². The number of nitrogens with one attached hydrogen (secondary N) is 1. The molecule has 0 amide bonds.